The van der Waals surface area contributed by atoms with Crippen molar-refractivity contribution in [3.05, 3.63) is 76.8 Å². The first-order chi connectivity index (χ1) is 17.2. The van der Waals surface area contributed by atoms with Crippen LogP contribution in [0.1, 0.15) is 33.1 Å². The third-order valence-electron chi connectivity index (χ3n) is 6.10. The predicted molar refractivity (Wildman–Crippen MR) is 120 cm³/mol. The van der Waals surface area contributed by atoms with Crippen molar-refractivity contribution in [3.8, 4) is 11.5 Å². The molecule has 0 bridgehead atoms. The highest BCUT2D eigenvalue weighted by Crippen LogP contribution is 2.50. The Kier molecular flexibility index (Phi) is 6.35. The number of hydrogen-bond acceptors (Lipinski definition) is 5. The average molecular weight is 526 g/mol. The number of rotatable bonds is 5. The quantitative estimate of drug-likeness (QED) is 0.253. The Bertz CT molecular complexity index is 1450. The Labute approximate surface area is 206 Å². The zero-order chi connectivity index (χ0) is 27.3. The van der Waals surface area contributed by atoms with Gasteiger partial charge >= 0.3 is 18.3 Å². The van der Waals surface area contributed by atoms with E-state index in [1.165, 1.54) is 13.2 Å². The SMILES string of the molecule is COC(=O)c1ccc(-c2nc(Cn3c(C)cc4cc(C(O)(C(F)(F)F)C(F)(F)F)ccc43)c(C)o2)cc1. The topological polar surface area (TPSA) is 77.5 Å². The highest BCUT2D eigenvalue weighted by atomic mass is 19.4. The summed E-state index contributed by atoms with van der Waals surface area (Å²) in [6.07, 6.45) is -11.9. The van der Waals surface area contributed by atoms with Crippen LogP contribution in [0.5, 0.6) is 0 Å². The number of aromatic nitrogens is 2. The summed E-state index contributed by atoms with van der Waals surface area (Å²) in [5.41, 5.74) is -4.04. The number of aryl methyl sites for hydroxylation is 2. The number of nitrogens with zero attached hydrogens (tertiary/aromatic N) is 2. The van der Waals surface area contributed by atoms with Crippen molar-refractivity contribution in [2.24, 2.45) is 0 Å². The molecule has 0 radical (unpaired) electrons. The summed E-state index contributed by atoms with van der Waals surface area (Å²) in [5.74, 6) is 0.215. The molecule has 0 saturated heterocycles. The van der Waals surface area contributed by atoms with Gasteiger partial charge in [0.1, 0.15) is 11.5 Å². The monoisotopic (exact) mass is 526 g/mol. The molecule has 0 spiro atoms. The van der Waals surface area contributed by atoms with Crippen LogP contribution in [-0.2, 0) is 16.9 Å². The van der Waals surface area contributed by atoms with Gasteiger partial charge in [0, 0.05) is 27.7 Å². The Balaban J connectivity index is 1.69. The maximum Gasteiger partial charge on any atom is 0.430 e. The molecule has 2 aromatic carbocycles. The minimum absolute atomic E-state index is 0.0849. The second-order valence-corrected chi connectivity index (χ2v) is 8.44. The first kappa shape index (κ1) is 26.3. The average Bonchev–Trinajstić information content (AvgIpc) is 3.35. The van der Waals surface area contributed by atoms with E-state index in [-0.39, 0.29) is 17.8 Å². The molecular weight excluding hydrogens is 506 g/mol. The molecule has 1 N–H and O–H groups in total. The van der Waals surface area contributed by atoms with Crippen LogP contribution in [0.25, 0.3) is 22.4 Å². The fourth-order valence-electron chi connectivity index (χ4n) is 4.05. The summed E-state index contributed by atoms with van der Waals surface area (Å²) < 4.78 is 91.9. The summed E-state index contributed by atoms with van der Waals surface area (Å²) in [6.45, 7) is 3.43. The summed E-state index contributed by atoms with van der Waals surface area (Å²) in [5, 5.41) is 9.82. The number of alkyl halides is 6. The molecule has 2 heterocycles. The van der Waals surface area contributed by atoms with Crippen LogP contribution in [0.4, 0.5) is 26.3 Å². The molecule has 0 amide bonds. The molecule has 0 aliphatic carbocycles. The molecule has 0 unspecified atom stereocenters. The van der Waals surface area contributed by atoms with Crippen LogP contribution in [0.3, 0.4) is 0 Å². The minimum Gasteiger partial charge on any atom is -0.465 e. The van der Waals surface area contributed by atoms with Crippen molar-refractivity contribution < 1.29 is 45.4 Å². The van der Waals surface area contributed by atoms with E-state index < -0.39 is 29.5 Å². The third kappa shape index (κ3) is 4.45. The van der Waals surface area contributed by atoms with Gasteiger partial charge in [-0.15, -0.1) is 0 Å². The number of hydrogen-bond donors (Lipinski definition) is 1. The molecule has 0 aliphatic rings. The third-order valence-corrected chi connectivity index (χ3v) is 6.10. The normalized spacial score (nSPS) is 12.8. The highest BCUT2D eigenvalue weighted by molar-refractivity contribution is 5.89. The first-order valence-corrected chi connectivity index (χ1v) is 10.8. The van der Waals surface area contributed by atoms with Gasteiger partial charge in [0.15, 0.2) is 0 Å². The number of halogens is 6. The van der Waals surface area contributed by atoms with Crippen LogP contribution >= 0.6 is 0 Å². The lowest BCUT2D eigenvalue weighted by Gasteiger charge is -2.32. The zero-order valence-electron chi connectivity index (χ0n) is 19.7. The maximum atomic E-state index is 13.3. The number of ether oxygens (including phenoxy) is 1. The number of carbonyl (C=O) groups excluding carboxylic acids is 1. The predicted octanol–water partition coefficient (Wildman–Crippen LogP) is 6.06. The number of benzene rings is 2. The molecule has 6 nitrogen and oxygen atoms in total. The van der Waals surface area contributed by atoms with Gasteiger partial charge in [-0.3, -0.25) is 0 Å². The summed E-state index contributed by atoms with van der Waals surface area (Å²) >= 11 is 0. The smallest absolute Gasteiger partial charge is 0.430 e. The standard InChI is InChI=1S/C25H20F6N2O4/c1-13-10-17-11-18(23(35,24(26,27)28)25(29,30)31)8-9-20(17)33(13)12-19-14(2)37-21(32-19)15-4-6-16(7-5-15)22(34)36-3/h4-11,35H,12H2,1-3H3. The Hall–Kier alpha value is -3.80. The van der Waals surface area contributed by atoms with Gasteiger partial charge in [-0.25, -0.2) is 9.78 Å². The van der Waals surface area contributed by atoms with Crippen LogP contribution in [0.2, 0.25) is 0 Å². The lowest BCUT2D eigenvalue weighted by Crippen LogP contribution is -2.53. The number of carbonyl (C=O) groups is 1. The van der Waals surface area contributed by atoms with E-state index in [1.54, 1.807) is 42.7 Å². The lowest BCUT2D eigenvalue weighted by atomic mass is 9.91. The lowest BCUT2D eigenvalue weighted by molar-refractivity contribution is -0.376. The largest absolute Gasteiger partial charge is 0.465 e. The van der Waals surface area contributed by atoms with Crippen LogP contribution in [-0.4, -0.2) is 40.1 Å². The van der Waals surface area contributed by atoms with Crippen LogP contribution in [0.15, 0.2) is 52.9 Å². The molecule has 37 heavy (non-hydrogen) atoms. The van der Waals surface area contributed by atoms with E-state index in [0.29, 0.717) is 45.9 Å². The fourth-order valence-corrected chi connectivity index (χ4v) is 4.05. The van der Waals surface area contributed by atoms with Gasteiger partial charge in [-0.2, -0.15) is 26.3 Å². The molecule has 12 heteroatoms. The van der Waals surface area contributed by atoms with Crippen LogP contribution in [0, 0.1) is 13.8 Å². The van der Waals surface area contributed by atoms with Crippen molar-refractivity contribution in [2.45, 2.75) is 38.3 Å². The fraction of sp³-hybridized carbons (Fsp3) is 0.280. The summed E-state index contributed by atoms with van der Waals surface area (Å²) in [6, 6.07) is 10.2. The zero-order valence-corrected chi connectivity index (χ0v) is 19.7. The second kappa shape index (κ2) is 8.94. The number of fused-ring (bicyclic) bond motifs is 1. The van der Waals surface area contributed by atoms with Crippen molar-refractivity contribution in [3.63, 3.8) is 0 Å². The molecule has 0 aliphatic heterocycles. The van der Waals surface area contributed by atoms with Gasteiger partial charge in [0.25, 0.3) is 5.60 Å². The molecule has 2 aromatic heterocycles. The molecule has 0 atom stereocenters. The van der Waals surface area contributed by atoms with E-state index >= 15 is 0 Å². The summed E-state index contributed by atoms with van der Waals surface area (Å²) in [7, 11) is 1.26. The molecule has 4 aromatic rings. The van der Waals surface area contributed by atoms with E-state index in [1.807, 2.05) is 0 Å². The van der Waals surface area contributed by atoms with Gasteiger partial charge in [-0.05, 0) is 56.3 Å². The highest BCUT2D eigenvalue weighted by Gasteiger charge is 2.71. The van der Waals surface area contributed by atoms with Gasteiger partial charge in [0.2, 0.25) is 5.89 Å². The van der Waals surface area contributed by atoms with E-state index in [9.17, 15) is 36.2 Å². The number of methoxy groups -OCH3 is 1. The molecular formula is C25H20F6N2O4. The number of esters is 1. The molecule has 4 rings (SSSR count). The van der Waals surface area contributed by atoms with Crippen molar-refractivity contribution >= 4 is 16.9 Å². The molecule has 0 saturated carbocycles. The molecule has 196 valence electrons. The van der Waals surface area contributed by atoms with Gasteiger partial charge in [-0.1, -0.05) is 6.07 Å². The van der Waals surface area contributed by atoms with Crippen molar-refractivity contribution in [1.82, 2.24) is 9.55 Å². The minimum atomic E-state index is -5.97. The molecule has 0 fully saturated rings. The second-order valence-electron chi connectivity index (χ2n) is 8.44. The maximum absolute atomic E-state index is 13.3. The van der Waals surface area contributed by atoms with Gasteiger partial charge in [0.05, 0.1) is 19.2 Å². The first-order valence-electron chi connectivity index (χ1n) is 10.8. The van der Waals surface area contributed by atoms with Gasteiger partial charge < -0.3 is 18.8 Å². The van der Waals surface area contributed by atoms with Crippen LogP contribution < -0.4 is 0 Å². The Morgan fingerprint density at radius 1 is 1.00 bits per heavy atom. The van der Waals surface area contributed by atoms with Crippen molar-refractivity contribution in [2.75, 3.05) is 7.11 Å². The summed E-state index contributed by atoms with van der Waals surface area (Å²) in [4.78, 5) is 16.1. The Morgan fingerprint density at radius 2 is 1.62 bits per heavy atom. The number of aliphatic hydroxyl groups is 1. The van der Waals surface area contributed by atoms with E-state index in [4.69, 9.17) is 4.42 Å². The van der Waals surface area contributed by atoms with E-state index in [0.717, 1.165) is 6.07 Å². The Morgan fingerprint density at radius 3 is 2.19 bits per heavy atom. The number of oxazole rings is 1. The van der Waals surface area contributed by atoms with Crippen molar-refractivity contribution in [1.29, 1.82) is 0 Å². The van der Waals surface area contributed by atoms with E-state index in [2.05, 4.69) is 9.72 Å².